The second-order valence-corrected chi connectivity index (χ2v) is 7.50. The van der Waals surface area contributed by atoms with Crippen LogP contribution in [-0.2, 0) is 11.2 Å². The van der Waals surface area contributed by atoms with Gasteiger partial charge in [-0.1, -0.05) is 32.0 Å². The number of rotatable bonds is 8. The Morgan fingerprint density at radius 2 is 1.79 bits per heavy atom. The monoisotopic (exact) mass is 383 g/mol. The summed E-state index contributed by atoms with van der Waals surface area (Å²) in [5.41, 5.74) is 2.17. The van der Waals surface area contributed by atoms with E-state index in [9.17, 15) is 4.79 Å². The van der Waals surface area contributed by atoms with Crippen molar-refractivity contribution in [3.8, 4) is 17.2 Å². The van der Waals surface area contributed by atoms with Gasteiger partial charge in [-0.2, -0.15) is 0 Å². The molecule has 1 heterocycles. The van der Waals surface area contributed by atoms with Crippen molar-refractivity contribution < 1.29 is 19.0 Å². The zero-order valence-electron chi connectivity index (χ0n) is 16.9. The fourth-order valence-corrected chi connectivity index (χ4v) is 3.35. The number of aryl methyl sites for hydroxylation is 1. The van der Waals surface area contributed by atoms with Crippen molar-refractivity contribution in [2.24, 2.45) is 5.92 Å². The number of methoxy groups -OCH3 is 1. The lowest BCUT2D eigenvalue weighted by atomic mass is 9.96. The molecule has 0 aromatic heterocycles. The van der Waals surface area contributed by atoms with Crippen LogP contribution in [0.15, 0.2) is 42.5 Å². The number of carbonyl (C=O) groups excluding carboxylic acids is 1. The molecular weight excluding hydrogens is 354 g/mol. The van der Waals surface area contributed by atoms with E-state index in [1.165, 1.54) is 0 Å². The Morgan fingerprint density at radius 3 is 2.46 bits per heavy atom. The summed E-state index contributed by atoms with van der Waals surface area (Å²) in [4.78, 5) is 12.6. The average Bonchev–Trinajstić information content (AvgIpc) is 2.71. The smallest absolute Gasteiger partial charge is 0.220 e. The van der Waals surface area contributed by atoms with Crippen LogP contribution in [0.4, 0.5) is 0 Å². The first kappa shape index (κ1) is 20.1. The second-order valence-electron chi connectivity index (χ2n) is 7.50. The highest BCUT2D eigenvalue weighted by Gasteiger charge is 2.17. The molecular formula is C23H29NO4. The maximum Gasteiger partial charge on any atom is 0.220 e. The van der Waals surface area contributed by atoms with E-state index in [4.69, 9.17) is 14.2 Å². The third-order valence-electron chi connectivity index (χ3n) is 4.81. The zero-order valence-corrected chi connectivity index (χ0v) is 16.9. The Kier molecular flexibility index (Phi) is 6.80. The van der Waals surface area contributed by atoms with Crippen molar-refractivity contribution in [2.75, 3.05) is 20.3 Å². The number of hydrogen-bond donors (Lipinski definition) is 1. The van der Waals surface area contributed by atoms with Crippen LogP contribution in [-0.4, -0.2) is 26.2 Å². The summed E-state index contributed by atoms with van der Waals surface area (Å²) < 4.78 is 16.4. The van der Waals surface area contributed by atoms with Gasteiger partial charge in [0.05, 0.1) is 13.2 Å². The quantitative estimate of drug-likeness (QED) is 0.738. The molecule has 150 valence electrons. The van der Waals surface area contributed by atoms with Crippen LogP contribution in [0.5, 0.6) is 17.2 Å². The molecule has 1 amide bonds. The average molecular weight is 383 g/mol. The Morgan fingerprint density at radius 1 is 1.07 bits per heavy atom. The number of ether oxygens (including phenoxy) is 3. The molecule has 1 aliphatic rings. The van der Waals surface area contributed by atoms with Gasteiger partial charge in [0.15, 0.2) is 11.5 Å². The first-order chi connectivity index (χ1) is 13.5. The number of nitrogens with one attached hydrogen (secondary N) is 1. The SMILES string of the molecule is COc1ccc([C@@H](CC(C)C)NC(=O)CCc2ccc3c(c2)OCCO3)cc1. The molecule has 0 radical (unpaired) electrons. The van der Waals surface area contributed by atoms with Crippen molar-refractivity contribution in [3.63, 3.8) is 0 Å². The van der Waals surface area contributed by atoms with E-state index in [0.717, 1.165) is 34.8 Å². The molecule has 1 N–H and O–H groups in total. The van der Waals surface area contributed by atoms with Gasteiger partial charge in [0.2, 0.25) is 5.91 Å². The van der Waals surface area contributed by atoms with E-state index in [0.29, 0.717) is 32.0 Å². The van der Waals surface area contributed by atoms with Gasteiger partial charge >= 0.3 is 0 Å². The molecule has 0 saturated heterocycles. The highest BCUT2D eigenvalue weighted by Crippen LogP contribution is 2.31. The fraction of sp³-hybridized carbons (Fsp3) is 0.435. The van der Waals surface area contributed by atoms with Gasteiger partial charge < -0.3 is 19.5 Å². The maximum absolute atomic E-state index is 12.6. The Hall–Kier alpha value is -2.69. The Balaban J connectivity index is 1.60. The van der Waals surface area contributed by atoms with Gasteiger partial charge in [-0.3, -0.25) is 4.79 Å². The highest BCUT2D eigenvalue weighted by atomic mass is 16.6. The molecule has 0 bridgehead atoms. The lowest BCUT2D eigenvalue weighted by Gasteiger charge is -2.22. The molecule has 0 spiro atoms. The predicted molar refractivity (Wildman–Crippen MR) is 109 cm³/mol. The fourth-order valence-electron chi connectivity index (χ4n) is 3.35. The molecule has 5 heteroatoms. The summed E-state index contributed by atoms with van der Waals surface area (Å²) in [6.45, 7) is 5.47. The summed E-state index contributed by atoms with van der Waals surface area (Å²) in [6, 6.07) is 13.8. The highest BCUT2D eigenvalue weighted by molar-refractivity contribution is 5.76. The van der Waals surface area contributed by atoms with E-state index in [-0.39, 0.29) is 11.9 Å². The molecule has 28 heavy (non-hydrogen) atoms. The molecule has 3 rings (SSSR count). The van der Waals surface area contributed by atoms with Crippen molar-refractivity contribution in [1.82, 2.24) is 5.32 Å². The lowest BCUT2D eigenvalue weighted by Crippen LogP contribution is -2.29. The van der Waals surface area contributed by atoms with Crippen LogP contribution >= 0.6 is 0 Å². The second kappa shape index (κ2) is 9.49. The number of benzene rings is 2. The summed E-state index contributed by atoms with van der Waals surface area (Å²) in [6.07, 6.45) is 1.99. The minimum atomic E-state index is -0.00123. The van der Waals surface area contributed by atoms with Crippen molar-refractivity contribution in [1.29, 1.82) is 0 Å². The minimum Gasteiger partial charge on any atom is -0.497 e. The summed E-state index contributed by atoms with van der Waals surface area (Å²) in [5, 5.41) is 3.20. The Bertz CT molecular complexity index is 786. The van der Waals surface area contributed by atoms with E-state index in [1.54, 1.807) is 7.11 Å². The van der Waals surface area contributed by atoms with Crippen molar-refractivity contribution >= 4 is 5.91 Å². The van der Waals surface area contributed by atoms with Crippen LogP contribution < -0.4 is 19.5 Å². The molecule has 2 aromatic carbocycles. The van der Waals surface area contributed by atoms with Gasteiger partial charge in [0, 0.05) is 6.42 Å². The number of carbonyl (C=O) groups is 1. The van der Waals surface area contributed by atoms with Crippen LogP contribution in [0.25, 0.3) is 0 Å². The normalized spacial score (nSPS) is 13.9. The van der Waals surface area contributed by atoms with E-state index in [1.807, 2.05) is 42.5 Å². The molecule has 0 fully saturated rings. The first-order valence-corrected chi connectivity index (χ1v) is 9.87. The van der Waals surface area contributed by atoms with Gasteiger partial charge in [0.25, 0.3) is 0 Å². The van der Waals surface area contributed by atoms with Crippen LogP contribution in [0.2, 0.25) is 0 Å². The lowest BCUT2D eigenvalue weighted by molar-refractivity contribution is -0.121. The van der Waals surface area contributed by atoms with Crippen molar-refractivity contribution in [2.45, 2.75) is 39.2 Å². The van der Waals surface area contributed by atoms with Crippen LogP contribution in [0.1, 0.15) is 43.9 Å². The molecule has 0 aliphatic carbocycles. The van der Waals surface area contributed by atoms with Crippen molar-refractivity contribution in [3.05, 3.63) is 53.6 Å². The topological polar surface area (TPSA) is 56.8 Å². The van der Waals surface area contributed by atoms with Gasteiger partial charge in [0.1, 0.15) is 19.0 Å². The van der Waals surface area contributed by atoms with E-state index in [2.05, 4.69) is 19.2 Å². The minimum absolute atomic E-state index is 0.00123. The molecule has 5 nitrogen and oxygen atoms in total. The largest absolute Gasteiger partial charge is 0.497 e. The number of fused-ring (bicyclic) bond motifs is 1. The third-order valence-corrected chi connectivity index (χ3v) is 4.81. The maximum atomic E-state index is 12.6. The standard InChI is InChI=1S/C23H29NO4/c1-16(2)14-20(18-6-8-19(26-3)9-7-18)24-23(25)11-5-17-4-10-21-22(15-17)28-13-12-27-21/h4,6-10,15-16,20H,5,11-14H2,1-3H3,(H,24,25)/t20-/m1/s1. The van der Waals surface area contributed by atoms with E-state index >= 15 is 0 Å². The molecule has 2 aromatic rings. The summed E-state index contributed by atoms with van der Waals surface area (Å²) >= 11 is 0. The van der Waals surface area contributed by atoms with Gasteiger partial charge in [-0.25, -0.2) is 0 Å². The summed E-state index contributed by atoms with van der Waals surface area (Å²) in [7, 11) is 1.65. The molecule has 1 atom stereocenters. The molecule has 1 aliphatic heterocycles. The van der Waals surface area contributed by atoms with Gasteiger partial charge in [-0.15, -0.1) is 0 Å². The molecule has 0 unspecified atom stereocenters. The zero-order chi connectivity index (χ0) is 19.9. The molecule has 0 saturated carbocycles. The van der Waals surface area contributed by atoms with Gasteiger partial charge in [-0.05, 0) is 54.2 Å². The number of amides is 1. The summed E-state index contributed by atoms with van der Waals surface area (Å²) in [5.74, 6) is 2.88. The van der Waals surface area contributed by atoms with Crippen LogP contribution in [0, 0.1) is 5.92 Å². The van der Waals surface area contributed by atoms with E-state index < -0.39 is 0 Å². The van der Waals surface area contributed by atoms with Crippen LogP contribution in [0.3, 0.4) is 0 Å². The number of hydrogen-bond acceptors (Lipinski definition) is 4. The predicted octanol–water partition coefficient (Wildman–Crippen LogP) is 4.30. The first-order valence-electron chi connectivity index (χ1n) is 9.87. The Labute approximate surface area is 167 Å². The third kappa shape index (κ3) is 5.41.